The first-order valence-electron chi connectivity index (χ1n) is 9.35. The summed E-state index contributed by atoms with van der Waals surface area (Å²) in [5.41, 5.74) is 1.99. The number of carbonyl (C=O) groups excluding carboxylic acids is 1. The van der Waals surface area contributed by atoms with E-state index in [4.69, 9.17) is 21.3 Å². The summed E-state index contributed by atoms with van der Waals surface area (Å²) >= 11 is 7.60. The van der Waals surface area contributed by atoms with Crippen LogP contribution < -0.4 is 10.1 Å². The molecule has 2 aromatic carbocycles. The van der Waals surface area contributed by atoms with Crippen LogP contribution in [0.4, 0.5) is 0 Å². The van der Waals surface area contributed by atoms with E-state index in [-0.39, 0.29) is 5.91 Å². The molecule has 0 atom stereocenters. The number of aromatic nitrogens is 2. The van der Waals surface area contributed by atoms with Crippen molar-refractivity contribution in [2.24, 2.45) is 0 Å². The topological polar surface area (TPSA) is 56.2 Å². The third-order valence-corrected chi connectivity index (χ3v) is 5.70. The highest BCUT2D eigenvalue weighted by Crippen LogP contribution is 2.23. The number of nitrogens with zero attached hydrogens (tertiary/aromatic N) is 2. The van der Waals surface area contributed by atoms with E-state index in [1.165, 1.54) is 11.3 Å². The largest absolute Gasteiger partial charge is 0.490 e. The molecule has 7 heteroatoms. The summed E-state index contributed by atoms with van der Waals surface area (Å²) in [6, 6.07) is 19.1. The number of thiophene rings is 1. The highest BCUT2D eigenvalue weighted by Gasteiger charge is 2.12. The van der Waals surface area contributed by atoms with E-state index in [0.29, 0.717) is 41.8 Å². The number of benzene rings is 2. The Hall–Kier alpha value is -2.83. The summed E-state index contributed by atoms with van der Waals surface area (Å²) in [6.45, 7) is 1.63. The molecule has 4 rings (SSSR count). The Morgan fingerprint density at radius 2 is 1.93 bits per heavy atom. The molecule has 2 aromatic heterocycles. The highest BCUT2D eigenvalue weighted by molar-refractivity contribution is 7.12. The molecule has 29 heavy (non-hydrogen) atoms. The molecule has 4 aromatic rings. The van der Waals surface area contributed by atoms with Crippen LogP contribution in [0, 0.1) is 0 Å². The van der Waals surface area contributed by atoms with E-state index in [0.717, 1.165) is 16.9 Å². The van der Waals surface area contributed by atoms with Crippen LogP contribution in [0.25, 0.3) is 11.0 Å². The maximum absolute atomic E-state index is 12.2. The summed E-state index contributed by atoms with van der Waals surface area (Å²) in [6.07, 6.45) is 0.637. The van der Waals surface area contributed by atoms with Gasteiger partial charge < -0.3 is 14.6 Å². The Bertz CT molecular complexity index is 1110. The van der Waals surface area contributed by atoms with Gasteiger partial charge in [0.25, 0.3) is 5.91 Å². The smallest absolute Gasteiger partial charge is 0.261 e. The van der Waals surface area contributed by atoms with Crippen LogP contribution in [-0.2, 0) is 13.0 Å². The van der Waals surface area contributed by atoms with Gasteiger partial charge in [-0.15, -0.1) is 11.3 Å². The van der Waals surface area contributed by atoms with Gasteiger partial charge in [-0.05, 0) is 35.7 Å². The zero-order valence-corrected chi connectivity index (χ0v) is 17.2. The summed E-state index contributed by atoms with van der Waals surface area (Å²) in [5.74, 6) is 1.54. The van der Waals surface area contributed by atoms with Crippen molar-refractivity contribution in [3.8, 4) is 5.75 Å². The molecule has 0 aliphatic heterocycles. The molecule has 0 saturated heterocycles. The first kappa shape index (κ1) is 19.5. The standard InChI is InChI=1S/C22H20ClN3O2S/c23-16-6-1-4-9-19(16)28-14-13-26-18-8-3-2-7-17(18)25-21(26)11-12-24-22(27)20-10-5-15-29-20/h1-10,15H,11-14H2,(H,24,27). The van der Waals surface area contributed by atoms with Gasteiger partial charge in [-0.25, -0.2) is 4.98 Å². The average molecular weight is 426 g/mol. The van der Waals surface area contributed by atoms with E-state index in [1.54, 1.807) is 0 Å². The fourth-order valence-electron chi connectivity index (χ4n) is 3.16. The summed E-state index contributed by atoms with van der Waals surface area (Å²) in [7, 11) is 0. The number of amides is 1. The number of ether oxygens (including phenoxy) is 1. The molecule has 0 aliphatic rings. The number of para-hydroxylation sites is 3. The fraction of sp³-hybridized carbons (Fsp3) is 0.182. The van der Waals surface area contributed by atoms with Crippen molar-refractivity contribution in [2.75, 3.05) is 13.2 Å². The molecular formula is C22H20ClN3O2S. The Balaban J connectivity index is 1.44. The number of imidazole rings is 1. The van der Waals surface area contributed by atoms with Gasteiger partial charge in [0, 0.05) is 13.0 Å². The van der Waals surface area contributed by atoms with Crippen molar-refractivity contribution >= 4 is 39.9 Å². The van der Waals surface area contributed by atoms with E-state index in [9.17, 15) is 4.79 Å². The van der Waals surface area contributed by atoms with Crippen molar-refractivity contribution in [3.05, 3.63) is 81.8 Å². The van der Waals surface area contributed by atoms with Crippen LogP contribution in [0.5, 0.6) is 5.75 Å². The first-order chi connectivity index (χ1) is 14.2. The van der Waals surface area contributed by atoms with Crippen LogP contribution in [-0.4, -0.2) is 28.6 Å². The molecular weight excluding hydrogens is 406 g/mol. The van der Waals surface area contributed by atoms with E-state index in [2.05, 4.69) is 9.88 Å². The second-order valence-corrected chi connectivity index (χ2v) is 7.79. The van der Waals surface area contributed by atoms with Crippen molar-refractivity contribution in [2.45, 2.75) is 13.0 Å². The molecule has 0 unspecified atom stereocenters. The minimum Gasteiger partial charge on any atom is -0.490 e. The number of fused-ring (bicyclic) bond motifs is 1. The maximum atomic E-state index is 12.2. The number of hydrogen-bond donors (Lipinski definition) is 1. The summed E-state index contributed by atoms with van der Waals surface area (Å²) < 4.78 is 8.00. The normalized spacial score (nSPS) is 10.9. The lowest BCUT2D eigenvalue weighted by Gasteiger charge is -2.12. The number of halogens is 1. The monoisotopic (exact) mass is 425 g/mol. The van der Waals surface area contributed by atoms with Gasteiger partial charge in [-0.1, -0.05) is 41.9 Å². The molecule has 148 valence electrons. The number of hydrogen-bond acceptors (Lipinski definition) is 4. The lowest BCUT2D eigenvalue weighted by Crippen LogP contribution is -2.26. The minimum absolute atomic E-state index is 0.0512. The molecule has 0 saturated carbocycles. The van der Waals surface area contributed by atoms with Gasteiger partial charge in [0.2, 0.25) is 0 Å². The fourth-order valence-corrected chi connectivity index (χ4v) is 3.99. The molecule has 1 amide bonds. The molecule has 0 spiro atoms. The Morgan fingerprint density at radius 1 is 1.10 bits per heavy atom. The zero-order valence-electron chi connectivity index (χ0n) is 15.7. The van der Waals surface area contributed by atoms with Gasteiger partial charge in [0.05, 0.1) is 27.5 Å². The van der Waals surface area contributed by atoms with Gasteiger partial charge >= 0.3 is 0 Å². The third-order valence-electron chi connectivity index (χ3n) is 4.52. The van der Waals surface area contributed by atoms with Crippen molar-refractivity contribution in [3.63, 3.8) is 0 Å². The molecule has 0 radical (unpaired) electrons. The highest BCUT2D eigenvalue weighted by atomic mass is 35.5. The number of rotatable bonds is 8. The maximum Gasteiger partial charge on any atom is 0.261 e. The van der Waals surface area contributed by atoms with Crippen molar-refractivity contribution in [1.29, 1.82) is 0 Å². The van der Waals surface area contributed by atoms with Gasteiger partial charge in [-0.2, -0.15) is 0 Å². The Kier molecular flexibility index (Phi) is 6.12. The molecule has 0 fully saturated rings. The van der Waals surface area contributed by atoms with Gasteiger partial charge in [0.15, 0.2) is 0 Å². The predicted octanol–water partition coefficient (Wildman–Crippen LogP) is 4.80. The molecule has 5 nitrogen and oxygen atoms in total. The van der Waals surface area contributed by atoms with Gasteiger partial charge in [-0.3, -0.25) is 4.79 Å². The molecule has 1 N–H and O–H groups in total. The van der Waals surface area contributed by atoms with Crippen molar-refractivity contribution in [1.82, 2.24) is 14.9 Å². The zero-order chi connectivity index (χ0) is 20.1. The van der Waals surface area contributed by atoms with Crippen LogP contribution in [0.1, 0.15) is 15.5 Å². The Morgan fingerprint density at radius 3 is 2.76 bits per heavy atom. The summed E-state index contributed by atoms with van der Waals surface area (Å²) in [4.78, 5) is 17.6. The minimum atomic E-state index is -0.0512. The molecule has 0 bridgehead atoms. The Labute approximate surface area is 177 Å². The quantitative estimate of drug-likeness (QED) is 0.441. The third kappa shape index (κ3) is 4.60. The van der Waals surface area contributed by atoms with Crippen molar-refractivity contribution < 1.29 is 9.53 Å². The lowest BCUT2D eigenvalue weighted by molar-refractivity contribution is 0.0958. The van der Waals surface area contributed by atoms with Gasteiger partial charge in [0.1, 0.15) is 18.2 Å². The second-order valence-electron chi connectivity index (χ2n) is 6.43. The predicted molar refractivity (Wildman–Crippen MR) is 117 cm³/mol. The lowest BCUT2D eigenvalue weighted by atomic mass is 10.3. The SMILES string of the molecule is O=C(NCCc1nc2ccccc2n1CCOc1ccccc1Cl)c1cccs1. The number of carbonyl (C=O) groups is 1. The molecule has 2 heterocycles. The van der Waals surface area contributed by atoms with Crippen LogP contribution >= 0.6 is 22.9 Å². The first-order valence-corrected chi connectivity index (χ1v) is 10.6. The molecule has 0 aliphatic carbocycles. The number of nitrogens with one attached hydrogen (secondary N) is 1. The van der Waals surface area contributed by atoms with E-state index >= 15 is 0 Å². The van der Waals surface area contributed by atoms with Crippen LogP contribution in [0.15, 0.2) is 66.0 Å². The van der Waals surface area contributed by atoms with Crippen LogP contribution in [0.2, 0.25) is 5.02 Å². The van der Waals surface area contributed by atoms with E-state index < -0.39 is 0 Å². The van der Waals surface area contributed by atoms with E-state index in [1.807, 2.05) is 66.0 Å². The average Bonchev–Trinajstić information content (AvgIpc) is 3.38. The second kappa shape index (κ2) is 9.11. The summed E-state index contributed by atoms with van der Waals surface area (Å²) in [5, 5.41) is 5.46. The van der Waals surface area contributed by atoms with Crippen LogP contribution in [0.3, 0.4) is 0 Å².